The van der Waals surface area contributed by atoms with Gasteiger partial charge in [0, 0.05) is 6.04 Å². The maximum absolute atomic E-state index is 11.5. The van der Waals surface area contributed by atoms with Crippen LogP contribution in [0.5, 0.6) is 0 Å². The first-order valence-corrected chi connectivity index (χ1v) is 5.49. The number of hydrogen-bond donors (Lipinski definition) is 1. The van der Waals surface area contributed by atoms with Gasteiger partial charge in [0.05, 0.1) is 6.20 Å². The summed E-state index contributed by atoms with van der Waals surface area (Å²) in [7, 11) is -3.39. The molecule has 1 aromatic rings. The highest BCUT2D eigenvalue weighted by Gasteiger charge is 2.36. The van der Waals surface area contributed by atoms with E-state index in [0.717, 1.165) is 12.7 Å². The molecular formula is C7H10N2O3S. The summed E-state index contributed by atoms with van der Waals surface area (Å²) in [4.78, 5) is 0.0894. The van der Waals surface area contributed by atoms with E-state index < -0.39 is 10.0 Å². The minimum Gasteiger partial charge on any atom is -0.363 e. The Kier molecular flexibility index (Phi) is 1.88. The van der Waals surface area contributed by atoms with Gasteiger partial charge >= 0.3 is 0 Å². The lowest BCUT2D eigenvalue weighted by molar-refractivity contribution is 0.417. The van der Waals surface area contributed by atoms with Gasteiger partial charge in [0.25, 0.3) is 0 Å². The molecule has 0 bridgehead atoms. The fourth-order valence-corrected chi connectivity index (χ4v) is 2.30. The monoisotopic (exact) mass is 202 g/mol. The number of rotatable bonds is 3. The summed E-state index contributed by atoms with van der Waals surface area (Å²) in [6, 6.07) is 0.0832. The largest absolute Gasteiger partial charge is 0.363 e. The summed E-state index contributed by atoms with van der Waals surface area (Å²) < 4.78 is 30.0. The maximum Gasteiger partial charge on any atom is 0.245 e. The van der Waals surface area contributed by atoms with Gasteiger partial charge in [-0.2, -0.15) is 0 Å². The van der Waals surface area contributed by atoms with Crippen molar-refractivity contribution in [3.63, 3.8) is 0 Å². The van der Waals surface area contributed by atoms with Crippen molar-refractivity contribution in [2.45, 2.75) is 24.3 Å². The van der Waals surface area contributed by atoms with Crippen LogP contribution in [0.25, 0.3) is 0 Å². The van der Waals surface area contributed by atoms with E-state index in [-0.39, 0.29) is 10.9 Å². The molecule has 0 aliphatic heterocycles. The van der Waals surface area contributed by atoms with Gasteiger partial charge in [0.2, 0.25) is 10.0 Å². The predicted octanol–water partition coefficient (Wildman–Crippen LogP) is 0.361. The average molecular weight is 202 g/mol. The zero-order valence-corrected chi connectivity index (χ0v) is 7.91. The number of nitrogens with one attached hydrogen (secondary N) is 1. The van der Waals surface area contributed by atoms with Gasteiger partial charge in [-0.1, -0.05) is 12.1 Å². The molecule has 6 heteroatoms. The molecule has 2 atom stereocenters. The van der Waals surface area contributed by atoms with Gasteiger partial charge in [0.15, 0.2) is 0 Å². The number of nitrogens with zero attached hydrogens (tertiary/aromatic N) is 1. The van der Waals surface area contributed by atoms with Crippen molar-refractivity contribution in [3.8, 4) is 0 Å². The molecule has 1 aromatic heterocycles. The van der Waals surface area contributed by atoms with Crippen LogP contribution in [0.15, 0.2) is 21.9 Å². The Hall–Kier alpha value is -0.880. The molecule has 0 radical (unpaired) electrons. The highest BCUT2D eigenvalue weighted by Crippen LogP contribution is 2.30. The van der Waals surface area contributed by atoms with E-state index in [1.807, 2.05) is 6.92 Å². The second-order valence-electron chi connectivity index (χ2n) is 3.30. The van der Waals surface area contributed by atoms with Gasteiger partial charge < -0.3 is 4.52 Å². The van der Waals surface area contributed by atoms with Gasteiger partial charge in [0.1, 0.15) is 11.2 Å². The smallest absolute Gasteiger partial charge is 0.245 e. The number of aromatic nitrogens is 1. The highest BCUT2D eigenvalue weighted by atomic mass is 32.2. The number of sulfonamides is 1. The van der Waals surface area contributed by atoms with Crippen molar-refractivity contribution in [2.75, 3.05) is 0 Å². The molecule has 0 amide bonds. The summed E-state index contributed by atoms with van der Waals surface area (Å²) in [6.45, 7) is 2.00. The Bertz CT molecular complexity index is 384. The van der Waals surface area contributed by atoms with Crippen molar-refractivity contribution in [1.29, 1.82) is 0 Å². The predicted molar refractivity (Wildman–Crippen MR) is 44.4 cm³/mol. The van der Waals surface area contributed by atoms with Crippen LogP contribution in [-0.4, -0.2) is 19.6 Å². The fraction of sp³-hybridized carbons (Fsp3) is 0.571. The van der Waals surface area contributed by atoms with Gasteiger partial charge in [-0.05, 0) is 12.3 Å². The van der Waals surface area contributed by atoms with E-state index in [9.17, 15) is 8.42 Å². The van der Waals surface area contributed by atoms with E-state index in [0.29, 0.717) is 5.92 Å². The molecule has 5 nitrogen and oxygen atoms in total. The molecule has 0 spiro atoms. The molecule has 13 heavy (non-hydrogen) atoms. The molecule has 2 rings (SSSR count). The van der Waals surface area contributed by atoms with Crippen LogP contribution in [0.4, 0.5) is 0 Å². The highest BCUT2D eigenvalue weighted by molar-refractivity contribution is 7.89. The van der Waals surface area contributed by atoms with Crippen LogP contribution >= 0.6 is 0 Å². The quantitative estimate of drug-likeness (QED) is 0.768. The van der Waals surface area contributed by atoms with E-state index >= 15 is 0 Å². The van der Waals surface area contributed by atoms with Crippen molar-refractivity contribution in [3.05, 3.63) is 12.5 Å². The average Bonchev–Trinajstić information content (AvgIpc) is 2.56. The fourth-order valence-electron chi connectivity index (χ4n) is 1.08. The summed E-state index contributed by atoms with van der Waals surface area (Å²) in [5.74, 6) is 0.439. The van der Waals surface area contributed by atoms with Crippen LogP contribution in [0.1, 0.15) is 13.3 Å². The first-order valence-electron chi connectivity index (χ1n) is 4.01. The molecule has 1 heterocycles. The van der Waals surface area contributed by atoms with Crippen molar-refractivity contribution in [2.24, 2.45) is 5.92 Å². The molecule has 1 fully saturated rings. The van der Waals surface area contributed by atoms with Gasteiger partial charge in [-0.3, -0.25) is 0 Å². The van der Waals surface area contributed by atoms with Crippen LogP contribution < -0.4 is 4.72 Å². The Morgan fingerprint density at radius 1 is 1.69 bits per heavy atom. The summed E-state index contributed by atoms with van der Waals surface area (Å²) in [5, 5.41) is 3.34. The van der Waals surface area contributed by atoms with Gasteiger partial charge in [-0.15, -0.1) is 0 Å². The first kappa shape index (κ1) is 8.71. The molecule has 1 N–H and O–H groups in total. The molecule has 0 unspecified atom stereocenters. The molecule has 1 aliphatic carbocycles. The van der Waals surface area contributed by atoms with Crippen molar-refractivity contribution < 1.29 is 12.9 Å². The Morgan fingerprint density at radius 3 is 2.85 bits per heavy atom. The summed E-state index contributed by atoms with van der Waals surface area (Å²) in [6.07, 6.45) is 3.22. The number of hydrogen-bond acceptors (Lipinski definition) is 4. The summed E-state index contributed by atoms with van der Waals surface area (Å²) >= 11 is 0. The minimum absolute atomic E-state index is 0.0832. The van der Waals surface area contributed by atoms with Crippen LogP contribution in [-0.2, 0) is 10.0 Å². The van der Waals surface area contributed by atoms with E-state index in [1.54, 1.807) is 0 Å². The molecule has 0 saturated heterocycles. The standard InChI is InChI=1S/C7H10N2O3S/c1-5-2-7(5)9-13(10,11)6-3-8-12-4-6/h3-5,7,9H,2H2,1H3/t5-,7-/m1/s1. The van der Waals surface area contributed by atoms with Crippen LogP contribution in [0.2, 0.25) is 0 Å². The second-order valence-corrected chi connectivity index (χ2v) is 5.01. The molecule has 1 saturated carbocycles. The molecular weight excluding hydrogens is 192 g/mol. The Balaban J connectivity index is 2.13. The molecule has 72 valence electrons. The third-order valence-corrected chi connectivity index (χ3v) is 3.57. The zero-order chi connectivity index (χ0) is 9.47. The lowest BCUT2D eigenvalue weighted by Gasteiger charge is -2.00. The second kappa shape index (κ2) is 2.81. The van der Waals surface area contributed by atoms with E-state index in [2.05, 4.69) is 14.4 Å². The van der Waals surface area contributed by atoms with Gasteiger partial charge in [-0.25, -0.2) is 13.1 Å². The maximum atomic E-state index is 11.5. The third kappa shape index (κ3) is 1.73. The van der Waals surface area contributed by atoms with E-state index in [4.69, 9.17) is 0 Å². The topological polar surface area (TPSA) is 72.2 Å². The van der Waals surface area contributed by atoms with Crippen LogP contribution in [0, 0.1) is 5.92 Å². The first-order chi connectivity index (χ1) is 6.09. The van der Waals surface area contributed by atoms with Crippen LogP contribution in [0.3, 0.4) is 0 Å². The van der Waals surface area contributed by atoms with Crippen molar-refractivity contribution in [1.82, 2.24) is 9.88 Å². The minimum atomic E-state index is -3.39. The normalized spacial score (nSPS) is 27.5. The molecule has 0 aromatic carbocycles. The van der Waals surface area contributed by atoms with E-state index in [1.165, 1.54) is 6.20 Å². The van der Waals surface area contributed by atoms with Crippen molar-refractivity contribution >= 4 is 10.0 Å². The third-order valence-electron chi connectivity index (χ3n) is 2.14. The SMILES string of the molecule is C[C@@H]1C[C@H]1NS(=O)(=O)c1cnoc1. The Labute approximate surface area is 76.2 Å². The molecule has 1 aliphatic rings. The lowest BCUT2D eigenvalue weighted by atomic mass is 10.5. The lowest BCUT2D eigenvalue weighted by Crippen LogP contribution is -2.26. The Morgan fingerprint density at radius 2 is 2.38 bits per heavy atom. The zero-order valence-electron chi connectivity index (χ0n) is 7.10. The summed E-state index contributed by atoms with van der Waals surface area (Å²) in [5.41, 5.74) is 0.